The number of hydrogen-bond donors (Lipinski definition) is 1. The van der Waals surface area contributed by atoms with Gasteiger partial charge in [0.15, 0.2) is 0 Å². The SMILES string of the molecule is CN(C)S(=O)(=O)c1ccc(NC(=O)CCCl)cc1. The number of nitrogens with one attached hydrogen (secondary N) is 1. The number of carbonyl (C=O) groups excluding carboxylic acids is 1. The molecule has 5 nitrogen and oxygen atoms in total. The Hall–Kier alpha value is -1.11. The topological polar surface area (TPSA) is 66.5 Å². The number of benzene rings is 1. The highest BCUT2D eigenvalue weighted by Crippen LogP contribution is 2.16. The molecule has 7 heteroatoms. The van der Waals surface area contributed by atoms with Gasteiger partial charge in [-0.05, 0) is 24.3 Å². The van der Waals surface area contributed by atoms with Crippen molar-refractivity contribution in [3.8, 4) is 0 Å². The predicted octanol–water partition coefficient (Wildman–Crippen LogP) is 1.50. The van der Waals surface area contributed by atoms with Gasteiger partial charge in [-0.25, -0.2) is 12.7 Å². The molecule has 0 heterocycles. The van der Waals surface area contributed by atoms with Crippen LogP contribution in [0.5, 0.6) is 0 Å². The van der Waals surface area contributed by atoms with Crippen LogP contribution in [0.2, 0.25) is 0 Å². The number of nitrogens with zero attached hydrogens (tertiary/aromatic N) is 1. The molecular weight excluding hydrogens is 276 g/mol. The largest absolute Gasteiger partial charge is 0.326 e. The summed E-state index contributed by atoms with van der Waals surface area (Å²) in [4.78, 5) is 11.5. The van der Waals surface area contributed by atoms with Crippen molar-refractivity contribution in [1.29, 1.82) is 0 Å². The van der Waals surface area contributed by atoms with E-state index < -0.39 is 10.0 Å². The lowest BCUT2D eigenvalue weighted by Crippen LogP contribution is -2.22. The maximum Gasteiger partial charge on any atom is 0.242 e. The molecule has 0 fully saturated rings. The van der Waals surface area contributed by atoms with E-state index >= 15 is 0 Å². The Morgan fingerprint density at radius 1 is 1.28 bits per heavy atom. The molecule has 0 aromatic heterocycles. The van der Waals surface area contributed by atoms with Crippen molar-refractivity contribution in [3.63, 3.8) is 0 Å². The summed E-state index contributed by atoms with van der Waals surface area (Å²) in [5, 5.41) is 2.62. The minimum Gasteiger partial charge on any atom is -0.326 e. The van der Waals surface area contributed by atoms with Crippen LogP contribution in [-0.4, -0.2) is 38.6 Å². The molecule has 0 saturated heterocycles. The first-order valence-electron chi connectivity index (χ1n) is 5.26. The fourth-order valence-electron chi connectivity index (χ4n) is 1.23. The van der Waals surface area contributed by atoms with Crippen molar-refractivity contribution < 1.29 is 13.2 Å². The zero-order valence-electron chi connectivity index (χ0n) is 10.2. The van der Waals surface area contributed by atoms with Gasteiger partial charge in [0, 0.05) is 32.1 Å². The third-order valence-corrected chi connectivity index (χ3v) is 4.26. The molecule has 0 aliphatic carbocycles. The molecule has 0 bridgehead atoms. The van der Waals surface area contributed by atoms with Gasteiger partial charge in [0.25, 0.3) is 0 Å². The van der Waals surface area contributed by atoms with Crippen LogP contribution >= 0.6 is 11.6 Å². The number of carbonyl (C=O) groups is 1. The Morgan fingerprint density at radius 3 is 2.28 bits per heavy atom. The van der Waals surface area contributed by atoms with E-state index in [2.05, 4.69) is 5.32 Å². The van der Waals surface area contributed by atoms with Gasteiger partial charge in [-0.1, -0.05) is 0 Å². The quantitative estimate of drug-likeness (QED) is 0.836. The van der Waals surface area contributed by atoms with Crippen LogP contribution in [0, 0.1) is 0 Å². The van der Waals surface area contributed by atoms with Crippen LogP contribution in [0.25, 0.3) is 0 Å². The number of rotatable bonds is 5. The number of anilines is 1. The minimum atomic E-state index is -3.43. The number of alkyl halides is 1. The summed E-state index contributed by atoms with van der Waals surface area (Å²) in [5.74, 6) is 0.0482. The average Bonchev–Trinajstić information content (AvgIpc) is 2.29. The maximum atomic E-state index is 11.8. The van der Waals surface area contributed by atoms with Gasteiger partial charge in [0.1, 0.15) is 0 Å². The van der Waals surface area contributed by atoms with Gasteiger partial charge in [-0.15, -0.1) is 11.6 Å². The van der Waals surface area contributed by atoms with E-state index in [-0.39, 0.29) is 23.1 Å². The predicted molar refractivity (Wildman–Crippen MR) is 71.3 cm³/mol. The Balaban J connectivity index is 2.84. The molecule has 0 radical (unpaired) electrons. The molecule has 1 aromatic carbocycles. The molecule has 18 heavy (non-hydrogen) atoms. The van der Waals surface area contributed by atoms with E-state index in [1.165, 1.54) is 26.2 Å². The molecular formula is C11H15ClN2O3S. The highest BCUT2D eigenvalue weighted by Gasteiger charge is 2.16. The lowest BCUT2D eigenvalue weighted by atomic mass is 10.3. The summed E-state index contributed by atoms with van der Waals surface area (Å²) in [5.41, 5.74) is 0.544. The molecule has 0 spiro atoms. The molecule has 0 atom stereocenters. The Labute approximate surface area is 112 Å². The summed E-state index contributed by atoms with van der Waals surface area (Å²) in [6.45, 7) is 0. The second-order valence-electron chi connectivity index (χ2n) is 3.80. The van der Waals surface area contributed by atoms with Crippen molar-refractivity contribution >= 4 is 33.2 Å². The third-order valence-electron chi connectivity index (χ3n) is 2.24. The Bertz CT molecular complexity index is 512. The van der Waals surface area contributed by atoms with Crippen LogP contribution < -0.4 is 5.32 Å². The molecule has 1 aromatic rings. The highest BCUT2D eigenvalue weighted by molar-refractivity contribution is 7.89. The van der Waals surface area contributed by atoms with E-state index in [9.17, 15) is 13.2 Å². The van der Waals surface area contributed by atoms with Crippen LogP contribution in [0.1, 0.15) is 6.42 Å². The van der Waals surface area contributed by atoms with Gasteiger partial charge in [-0.3, -0.25) is 4.79 Å². The number of hydrogen-bond acceptors (Lipinski definition) is 3. The van der Waals surface area contributed by atoms with Crippen molar-refractivity contribution in [2.75, 3.05) is 25.3 Å². The van der Waals surface area contributed by atoms with E-state index in [4.69, 9.17) is 11.6 Å². The fraction of sp³-hybridized carbons (Fsp3) is 0.364. The molecule has 0 aliphatic heterocycles. The summed E-state index contributed by atoms with van der Waals surface area (Å²) >= 11 is 5.44. The van der Waals surface area contributed by atoms with E-state index in [0.717, 1.165) is 4.31 Å². The van der Waals surface area contributed by atoms with E-state index in [1.807, 2.05) is 0 Å². The molecule has 0 saturated carbocycles. The smallest absolute Gasteiger partial charge is 0.242 e. The van der Waals surface area contributed by atoms with Crippen molar-refractivity contribution in [1.82, 2.24) is 4.31 Å². The molecule has 100 valence electrons. The van der Waals surface area contributed by atoms with Crippen LogP contribution in [0.4, 0.5) is 5.69 Å². The van der Waals surface area contributed by atoms with Gasteiger partial charge < -0.3 is 5.32 Å². The maximum absolute atomic E-state index is 11.8. The lowest BCUT2D eigenvalue weighted by Gasteiger charge is -2.11. The summed E-state index contributed by atoms with van der Waals surface area (Å²) in [6.07, 6.45) is 0.222. The summed E-state index contributed by atoms with van der Waals surface area (Å²) in [7, 11) is -0.505. The van der Waals surface area contributed by atoms with Crippen molar-refractivity contribution in [2.45, 2.75) is 11.3 Å². The monoisotopic (exact) mass is 290 g/mol. The Morgan fingerprint density at radius 2 is 1.83 bits per heavy atom. The van der Waals surface area contributed by atoms with Crippen molar-refractivity contribution in [3.05, 3.63) is 24.3 Å². The van der Waals surface area contributed by atoms with Gasteiger partial charge in [-0.2, -0.15) is 0 Å². The van der Waals surface area contributed by atoms with Crippen LogP contribution in [0.15, 0.2) is 29.2 Å². The van der Waals surface area contributed by atoms with Gasteiger partial charge in [0.2, 0.25) is 15.9 Å². The second kappa shape index (κ2) is 6.17. The normalized spacial score (nSPS) is 11.6. The molecule has 1 rings (SSSR count). The summed E-state index contributed by atoms with van der Waals surface area (Å²) < 4.78 is 24.7. The van der Waals surface area contributed by atoms with E-state index in [0.29, 0.717) is 5.69 Å². The number of sulfonamides is 1. The standard InChI is InChI=1S/C11H15ClN2O3S/c1-14(2)18(16,17)10-5-3-9(4-6-10)13-11(15)7-8-12/h3-6H,7-8H2,1-2H3,(H,13,15). The lowest BCUT2D eigenvalue weighted by molar-refractivity contribution is -0.115. The Kier molecular flexibility index (Phi) is 5.13. The van der Waals surface area contributed by atoms with E-state index in [1.54, 1.807) is 12.1 Å². The van der Waals surface area contributed by atoms with Crippen LogP contribution in [0.3, 0.4) is 0 Å². The third kappa shape index (κ3) is 3.69. The summed E-state index contributed by atoms with van der Waals surface area (Å²) in [6, 6.07) is 5.99. The fourth-order valence-corrected chi connectivity index (χ4v) is 2.30. The van der Waals surface area contributed by atoms with Gasteiger partial charge >= 0.3 is 0 Å². The average molecular weight is 291 g/mol. The first kappa shape index (κ1) is 14.9. The molecule has 1 N–H and O–H groups in total. The first-order valence-corrected chi connectivity index (χ1v) is 7.24. The number of halogens is 1. The first-order chi connectivity index (χ1) is 8.37. The van der Waals surface area contributed by atoms with Gasteiger partial charge in [0.05, 0.1) is 4.90 Å². The number of amides is 1. The molecule has 0 unspecified atom stereocenters. The zero-order valence-corrected chi connectivity index (χ0v) is 11.8. The molecule has 0 aliphatic rings. The zero-order chi connectivity index (χ0) is 13.8. The van der Waals surface area contributed by atoms with Crippen molar-refractivity contribution in [2.24, 2.45) is 0 Å². The second-order valence-corrected chi connectivity index (χ2v) is 6.33. The minimum absolute atomic E-state index is 0.183. The van der Waals surface area contributed by atoms with Crippen LogP contribution in [-0.2, 0) is 14.8 Å². The highest BCUT2D eigenvalue weighted by atomic mass is 35.5. The molecule has 1 amide bonds.